The molecule has 1 saturated carbocycles. The van der Waals surface area contributed by atoms with Crippen LogP contribution in [0.15, 0.2) is 24.3 Å². The summed E-state index contributed by atoms with van der Waals surface area (Å²) in [7, 11) is 0. The smallest absolute Gasteiger partial charge is 0.228 e. The van der Waals surface area contributed by atoms with Gasteiger partial charge in [0.15, 0.2) is 11.6 Å². The van der Waals surface area contributed by atoms with E-state index >= 15 is 0 Å². The Morgan fingerprint density at radius 2 is 1.84 bits per heavy atom. The fraction of sp³-hybridized carbons (Fsp3) is 0.579. The molecule has 0 radical (unpaired) electrons. The van der Waals surface area contributed by atoms with E-state index in [1.165, 1.54) is 18.9 Å². The third-order valence-corrected chi connectivity index (χ3v) is 5.56. The van der Waals surface area contributed by atoms with Gasteiger partial charge in [0.1, 0.15) is 6.10 Å². The largest absolute Gasteiger partial charge is 0.484 e. The first-order valence-electron chi connectivity index (χ1n) is 9.11. The minimum atomic E-state index is -0.388. The van der Waals surface area contributed by atoms with Gasteiger partial charge >= 0.3 is 0 Å². The number of nitrogens with zero attached hydrogens (tertiary/aromatic N) is 2. The summed E-state index contributed by atoms with van der Waals surface area (Å²) >= 11 is 0. The van der Waals surface area contributed by atoms with E-state index in [2.05, 4.69) is 0 Å². The Balaban J connectivity index is 1.29. The van der Waals surface area contributed by atoms with Gasteiger partial charge < -0.3 is 14.5 Å². The van der Waals surface area contributed by atoms with Gasteiger partial charge in [0.2, 0.25) is 11.8 Å². The molecular weight excluding hydrogens is 323 g/mol. The van der Waals surface area contributed by atoms with Gasteiger partial charge in [-0.05, 0) is 25.0 Å². The zero-order valence-corrected chi connectivity index (χ0v) is 14.2. The molecule has 4 rings (SSSR count). The van der Waals surface area contributed by atoms with Crippen LogP contribution >= 0.6 is 0 Å². The minimum absolute atomic E-state index is 0.0298. The number of rotatable bonds is 4. The summed E-state index contributed by atoms with van der Waals surface area (Å²) < 4.78 is 19.2. The van der Waals surface area contributed by atoms with E-state index in [0.717, 1.165) is 12.8 Å². The number of para-hydroxylation sites is 1. The second-order valence-electron chi connectivity index (χ2n) is 7.30. The number of hydrogen-bond acceptors (Lipinski definition) is 3. The summed E-state index contributed by atoms with van der Waals surface area (Å²) in [6, 6.07) is 6.63. The molecule has 3 fully saturated rings. The van der Waals surface area contributed by atoms with Crippen LogP contribution in [0.3, 0.4) is 0 Å². The Hall–Kier alpha value is -2.11. The van der Waals surface area contributed by atoms with Crippen molar-refractivity contribution in [3.05, 3.63) is 30.1 Å². The van der Waals surface area contributed by atoms with E-state index < -0.39 is 0 Å². The topological polar surface area (TPSA) is 49.9 Å². The van der Waals surface area contributed by atoms with Crippen LogP contribution in [-0.2, 0) is 9.59 Å². The van der Waals surface area contributed by atoms with E-state index in [1.54, 1.807) is 23.1 Å². The van der Waals surface area contributed by atoms with Crippen molar-refractivity contribution in [2.45, 2.75) is 44.2 Å². The summed E-state index contributed by atoms with van der Waals surface area (Å²) in [6.45, 7) is 1.47. The van der Waals surface area contributed by atoms with Crippen molar-refractivity contribution in [1.82, 2.24) is 9.80 Å². The van der Waals surface area contributed by atoms with Gasteiger partial charge in [-0.25, -0.2) is 4.39 Å². The molecule has 0 spiro atoms. The maximum atomic E-state index is 13.6. The molecule has 134 valence electrons. The van der Waals surface area contributed by atoms with Crippen molar-refractivity contribution >= 4 is 11.8 Å². The van der Waals surface area contributed by atoms with Gasteiger partial charge in [-0.2, -0.15) is 0 Å². The summed E-state index contributed by atoms with van der Waals surface area (Å²) in [5.41, 5.74) is 0. The van der Waals surface area contributed by atoms with Crippen LogP contribution in [0.25, 0.3) is 0 Å². The second kappa shape index (κ2) is 6.65. The monoisotopic (exact) mass is 346 g/mol. The number of benzene rings is 1. The molecule has 0 N–H and O–H groups in total. The molecule has 1 aromatic rings. The van der Waals surface area contributed by atoms with Gasteiger partial charge in [0.05, 0.1) is 19.0 Å². The molecule has 1 atom stereocenters. The van der Waals surface area contributed by atoms with Crippen LogP contribution in [0, 0.1) is 11.7 Å². The van der Waals surface area contributed by atoms with Crippen LogP contribution in [0.2, 0.25) is 0 Å². The Bertz CT molecular complexity index is 668. The van der Waals surface area contributed by atoms with Gasteiger partial charge in [-0.15, -0.1) is 0 Å². The first kappa shape index (κ1) is 16.4. The SMILES string of the molecule is O=C([C@H]1CC(=O)N(C2CCCC2)C1)N1CC(Oc2ccccc2F)C1. The highest BCUT2D eigenvalue weighted by Crippen LogP contribution is 2.31. The highest BCUT2D eigenvalue weighted by Gasteiger charge is 2.43. The second-order valence-corrected chi connectivity index (χ2v) is 7.30. The Kier molecular flexibility index (Phi) is 4.36. The maximum Gasteiger partial charge on any atom is 0.228 e. The average molecular weight is 346 g/mol. The summed E-state index contributed by atoms with van der Waals surface area (Å²) in [5, 5.41) is 0. The third kappa shape index (κ3) is 3.22. The van der Waals surface area contributed by atoms with Crippen molar-refractivity contribution in [2.24, 2.45) is 5.92 Å². The molecule has 3 aliphatic rings. The lowest BCUT2D eigenvalue weighted by molar-refractivity contribution is -0.144. The third-order valence-electron chi connectivity index (χ3n) is 5.56. The maximum absolute atomic E-state index is 13.6. The molecule has 5 nitrogen and oxygen atoms in total. The van der Waals surface area contributed by atoms with E-state index in [1.807, 2.05) is 4.90 Å². The predicted octanol–water partition coefficient (Wildman–Crippen LogP) is 2.21. The molecule has 2 saturated heterocycles. The molecule has 0 aromatic heterocycles. The first-order valence-corrected chi connectivity index (χ1v) is 9.11. The van der Waals surface area contributed by atoms with Crippen LogP contribution in [0.1, 0.15) is 32.1 Å². The number of likely N-dealkylation sites (tertiary alicyclic amines) is 2. The van der Waals surface area contributed by atoms with Crippen LogP contribution < -0.4 is 4.74 Å². The van der Waals surface area contributed by atoms with Gasteiger partial charge in [-0.3, -0.25) is 9.59 Å². The standard InChI is InChI=1S/C19H23FN2O3/c20-16-7-3-4-8-17(16)25-15-11-21(12-15)19(24)13-9-18(23)22(10-13)14-5-1-2-6-14/h3-4,7-8,13-15H,1-2,5-6,9-12H2/t13-/m0/s1. The summed E-state index contributed by atoms with van der Waals surface area (Å²) in [6.07, 6.45) is 4.63. The molecule has 6 heteroatoms. The van der Waals surface area contributed by atoms with Crippen LogP contribution in [-0.4, -0.2) is 53.4 Å². The number of ether oxygens (including phenoxy) is 1. The number of amides is 2. The summed E-state index contributed by atoms with van der Waals surface area (Å²) in [4.78, 5) is 28.5. The fourth-order valence-electron chi connectivity index (χ4n) is 4.14. The minimum Gasteiger partial charge on any atom is -0.484 e. The van der Waals surface area contributed by atoms with Crippen LogP contribution in [0.4, 0.5) is 4.39 Å². The molecule has 25 heavy (non-hydrogen) atoms. The zero-order chi connectivity index (χ0) is 17.4. The molecule has 2 heterocycles. The quantitative estimate of drug-likeness (QED) is 0.840. The molecule has 2 amide bonds. The Morgan fingerprint density at radius 1 is 1.12 bits per heavy atom. The zero-order valence-electron chi connectivity index (χ0n) is 14.2. The average Bonchev–Trinajstić information content (AvgIpc) is 3.20. The first-order chi connectivity index (χ1) is 12.1. The van der Waals surface area contributed by atoms with Crippen molar-refractivity contribution in [2.75, 3.05) is 19.6 Å². The van der Waals surface area contributed by atoms with Crippen molar-refractivity contribution in [3.8, 4) is 5.75 Å². The number of carbonyl (C=O) groups excluding carboxylic acids is 2. The molecule has 2 aliphatic heterocycles. The van der Waals surface area contributed by atoms with E-state index in [0.29, 0.717) is 32.1 Å². The lowest BCUT2D eigenvalue weighted by Crippen LogP contribution is -2.58. The lowest BCUT2D eigenvalue weighted by atomic mass is 10.0. The Labute approximate surface area is 146 Å². The normalized spacial score (nSPS) is 24.7. The van der Waals surface area contributed by atoms with Gasteiger partial charge in [0, 0.05) is 19.0 Å². The number of halogens is 1. The fourth-order valence-corrected chi connectivity index (χ4v) is 4.14. The molecule has 0 bridgehead atoms. The lowest BCUT2D eigenvalue weighted by Gasteiger charge is -2.40. The highest BCUT2D eigenvalue weighted by atomic mass is 19.1. The molecular formula is C19H23FN2O3. The summed E-state index contributed by atoms with van der Waals surface area (Å²) in [5.74, 6) is -0.251. The van der Waals surface area contributed by atoms with E-state index in [9.17, 15) is 14.0 Å². The van der Waals surface area contributed by atoms with Crippen molar-refractivity contribution in [1.29, 1.82) is 0 Å². The van der Waals surface area contributed by atoms with E-state index in [-0.39, 0.29) is 35.4 Å². The van der Waals surface area contributed by atoms with Crippen molar-refractivity contribution < 1.29 is 18.7 Å². The molecule has 1 aliphatic carbocycles. The molecule has 1 aromatic carbocycles. The molecule has 0 unspecified atom stereocenters. The van der Waals surface area contributed by atoms with E-state index in [4.69, 9.17) is 4.74 Å². The number of hydrogen-bond donors (Lipinski definition) is 0. The predicted molar refractivity (Wildman–Crippen MR) is 89.5 cm³/mol. The van der Waals surface area contributed by atoms with Gasteiger partial charge in [-0.1, -0.05) is 25.0 Å². The van der Waals surface area contributed by atoms with Gasteiger partial charge in [0.25, 0.3) is 0 Å². The Morgan fingerprint density at radius 3 is 2.56 bits per heavy atom. The van der Waals surface area contributed by atoms with Crippen molar-refractivity contribution in [3.63, 3.8) is 0 Å². The van der Waals surface area contributed by atoms with Crippen LogP contribution in [0.5, 0.6) is 5.75 Å². The highest BCUT2D eigenvalue weighted by molar-refractivity contribution is 5.89. The number of carbonyl (C=O) groups is 2.